The number of hydrogen-bond donors (Lipinski definition) is 2. The molecule has 2 N–H and O–H groups in total. The Morgan fingerprint density at radius 1 is 1.17 bits per heavy atom. The van der Waals surface area contributed by atoms with E-state index in [1.807, 2.05) is 0 Å². The molecule has 0 atom stereocenters. The van der Waals surface area contributed by atoms with Gasteiger partial charge in [0.05, 0.1) is 4.90 Å². The lowest BCUT2D eigenvalue weighted by Crippen LogP contribution is -2.39. The zero-order valence-electron chi connectivity index (χ0n) is 17.2. The number of aromatic nitrogens is 1. The van der Waals surface area contributed by atoms with Crippen molar-refractivity contribution < 1.29 is 13.2 Å². The Balaban J connectivity index is 1.94. The summed E-state index contributed by atoms with van der Waals surface area (Å²) in [5.74, 6) is 0.253. The first kappa shape index (κ1) is 21.5. The Hall–Kier alpha value is -2.19. The maximum absolute atomic E-state index is 13.0. The summed E-state index contributed by atoms with van der Waals surface area (Å²) in [5, 5.41) is 3.15. The highest BCUT2D eigenvalue weighted by molar-refractivity contribution is 7.89. The molecule has 158 valence electrons. The second kappa shape index (κ2) is 8.67. The van der Waals surface area contributed by atoms with Crippen molar-refractivity contribution in [3.63, 3.8) is 0 Å². The normalized spacial score (nSPS) is 20.1. The van der Waals surface area contributed by atoms with Gasteiger partial charge in [0.1, 0.15) is 5.56 Å². The van der Waals surface area contributed by atoms with Gasteiger partial charge in [-0.2, -0.15) is 4.31 Å². The second-order valence-corrected chi connectivity index (χ2v) is 9.70. The Morgan fingerprint density at radius 3 is 2.45 bits per heavy atom. The molecule has 8 heteroatoms. The molecule has 1 amide bonds. The summed E-state index contributed by atoms with van der Waals surface area (Å²) in [4.78, 5) is 28.7. The third-order valence-corrected chi connectivity index (χ3v) is 7.84. The molecule has 0 saturated heterocycles. The fourth-order valence-electron chi connectivity index (χ4n) is 3.91. The molecule has 3 rings (SSSR count). The van der Waals surface area contributed by atoms with E-state index in [1.165, 1.54) is 22.6 Å². The van der Waals surface area contributed by atoms with Gasteiger partial charge in [-0.3, -0.25) is 9.59 Å². The largest absolute Gasteiger partial charge is 0.360 e. The molecule has 1 aliphatic carbocycles. The minimum absolute atomic E-state index is 0.00788. The summed E-state index contributed by atoms with van der Waals surface area (Å²) < 4.78 is 26.9. The van der Waals surface area contributed by atoms with Gasteiger partial charge in [0.25, 0.3) is 5.91 Å². The molecule has 1 fully saturated rings. The van der Waals surface area contributed by atoms with Crippen LogP contribution in [-0.4, -0.2) is 42.7 Å². The van der Waals surface area contributed by atoms with Crippen molar-refractivity contribution in [2.45, 2.75) is 57.4 Å². The van der Waals surface area contributed by atoms with Crippen LogP contribution in [0.3, 0.4) is 0 Å². The van der Waals surface area contributed by atoms with Gasteiger partial charge < -0.3 is 10.3 Å². The van der Waals surface area contributed by atoms with Crippen molar-refractivity contribution in [1.82, 2.24) is 14.6 Å². The van der Waals surface area contributed by atoms with Crippen LogP contribution in [0.2, 0.25) is 0 Å². The molecule has 1 aromatic heterocycles. The van der Waals surface area contributed by atoms with Crippen molar-refractivity contribution >= 4 is 26.8 Å². The minimum atomic E-state index is -3.69. The third-order valence-electron chi connectivity index (χ3n) is 5.79. The molecule has 7 nitrogen and oxygen atoms in total. The number of fused-ring (bicyclic) bond motifs is 1. The molecule has 0 unspecified atom stereocenters. The molecule has 1 aromatic carbocycles. The number of benzene rings is 1. The molecule has 29 heavy (non-hydrogen) atoms. The van der Waals surface area contributed by atoms with Gasteiger partial charge in [-0.15, -0.1) is 0 Å². The number of sulfonamides is 1. The van der Waals surface area contributed by atoms with Gasteiger partial charge in [-0.25, -0.2) is 8.42 Å². The Morgan fingerprint density at radius 2 is 1.83 bits per heavy atom. The molecular formula is C21H29N3O4S. The molecule has 2 aromatic rings. The summed E-state index contributed by atoms with van der Waals surface area (Å²) >= 11 is 0. The number of nitrogens with one attached hydrogen (secondary N) is 2. The monoisotopic (exact) mass is 419 g/mol. The van der Waals surface area contributed by atoms with Crippen LogP contribution in [-0.2, 0) is 10.0 Å². The van der Waals surface area contributed by atoms with Crippen molar-refractivity contribution in [2.24, 2.45) is 5.92 Å². The Kier molecular flexibility index (Phi) is 6.43. The maximum atomic E-state index is 13.0. The number of carbonyl (C=O) groups excluding carboxylic acids is 1. The van der Waals surface area contributed by atoms with Crippen LogP contribution in [0.25, 0.3) is 10.9 Å². The van der Waals surface area contributed by atoms with Crippen molar-refractivity contribution in [2.75, 3.05) is 13.1 Å². The lowest BCUT2D eigenvalue weighted by molar-refractivity contribution is 0.0921. The lowest BCUT2D eigenvalue weighted by Gasteiger charge is -2.26. The van der Waals surface area contributed by atoms with Gasteiger partial charge >= 0.3 is 0 Å². The molecule has 1 heterocycles. The SMILES string of the molecule is CCN(CC)S(=O)(=O)c1ccc2[nH]cc(C(=O)NC3CCC(C)CC3)c(=O)c2c1. The van der Waals surface area contributed by atoms with Gasteiger partial charge in [0.2, 0.25) is 15.5 Å². The van der Waals surface area contributed by atoms with Crippen molar-refractivity contribution in [1.29, 1.82) is 0 Å². The number of nitrogens with zero attached hydrogens (tertiary/aromatic N) is 1. The highest BCUT2D eigenvalue weighted by atomic mass is 32.2. The van der Waals surface area contributed by atoms with E-state index in [4.69, 9.17) is 0 Å². The van der Waals surface area contributed by atoms with Crippen molar-refractivity contribution in [3.05, 3.63) is 40.2 Å². The summed E-state index contributed by atoms with van der Waals surface area (Å²) in [6.45, 7) is 6.42. The first-order valence-electron chi connectivity index (χ1n) is 10.2. The fourth-order valence-corrected chi connectivity index (χ4v) is 5.39. The highest BCUT2D eigenvalue weighted by Gasteiger charge is 2.24. The first-order chi connectivity index (χ1) is 13.8. The highest BCUT2D eigenvalue weighted by Crippen LogP contribution is 2.24. The van der Waals surface area contributed by atoms with Crippen LogP contribution in [0.15, 0.2) is 34.1 Å². The zero-order chi connectivity index (χ0) is 21.2. The van der Waals surface area contributed by atoms with E-state index in [-0.39, 0.29) is 21.9 Å². The zero-order valence-corrected chi connectivity index (χ0v) is 18.0. The van der Waals surface area contributed by atoms with E-state index >= 15 is 0 Å². The Labute approximate surface area is 171 Å². The van der Waals surface area contributed by atoms with Crippen LogP contribution >= 0.6 is 0 Å². The molecular weight excluding hydrogens is 390 g/mol. The first-order valence-corrected chi connectivity index (χ1v) is 11.7. The number of amides is 1. The number of H-pyrrole nitrogens is 1. The third kappa shape index (κ3) is 4.38. The van der Waals surface area contributed by atoms with Crippen LogP contribution in [0.1, 0.15) is 56.8 Å². The maximum Gasteiger partial charge on any atom is 0.256 e. The predicted octanol–water partition coefficient (Wildman–Crippen LogP) is 2.87. The standard InChI is InChI=1S/C21H29N3O4S/c1-4-24(5-2)29(27,28)16-10-11-19-17(12-16)20(25)18(13-22-19)21(26)23-15-8-6-14(3)7-9-15/h10-15H,4-9H2,1-3H3,(H,22,25)(H,23,26). The second-order valence-electron chi connectivity index (χ2n) is 7.76. The molecule has 1 saturated carbocycles. The van der Waals surface area contributed by atoms with E-state index in [1.54, 1.807) is 19.9 Å². The molecule has 0 radical (unpaired) electrons. The minimum Gasteiger partial charge on any atom is -0.360 e. The number of carbonyl (C=O) groups is 1. The van der Waals surface area contributed by atoms with Crippen LogP contribution in [0.4, 0.5) is 0 Å². The van der Waals surface area contributed by atoms with Gasteiger partial charge in [-0.1, -0.05) is 20.8 Å². The van der Waals surface area contributed by atoms with E-state index in [9.17, 15) is 18.0 Å². The average Bonchev–Trinajstić information content (AvgIpc) is 2.70. The van der Waals surface area contributed by atoms with E-state index < -0.39 is 21.4 Å². The van der Waals surface area contributed by atoms with Crippen LogP contribution in [0, 0.1) is 5.92 Å². The summed E-state index contributed by atoms with van der Waals surface area (Å²) in [6, 6.07) is 4.48. The van der Waals surface area contributed by atoms with E-state index in [0.29, 0.717) is 24.5 Å². The molecule has 1 aliphatic rings. The summed E-state index contributed by atoms with van der Waals surface area (Å²) in [6.07, 6.45) is 5.34. The molecule has 0 spiro atoms. The van der Waals surface area contributed by atoms with Gasteiger partial charge in [0, 0.05) is 36.2 Å². The fraction of sp³-hybridized carbons (Fsp3) is 0.524. The summed E-state index contributed by atoms with van der Waals surface area (Å²) in [5.41, 5.74) is 0.0436. The quantitative estimate of drug-likeness (QED) is 0.752. The van der Waals surface area contributed by atoms with E-state index in [0.717, 1.165) is 25.7 Å². The average molecular weight is 420 g/mol. The smallest absolute Gasteiger partial charge is 0.256 e. The van der Waals surface area contributed by atoms with E-state index in [2.05, 4.69) is 17.2 Å². The molecule has 0 bridgehead atoms. The molecule has 0 aliphatic heterocycles. The topological polar surface area (TPSA) is 99.3 Å². The van der Waals surface area contributed by atoms with Crippen molar-refractivity contribution in [3.8, 4) is 0 Å². The summed E-state index contributed by atoms with van der Waals surface area (Å²) in [7, 11) is -3.69. The number of hydrogen-bond acceptors (Lipinski definition) is 4. The Bertz CT molecular complexity index is 1050. The number of rotatable bonds is 6. The van der Waals surface area contributed by atoms with Gasteiger partial charge in [-0.05, 0) is 49.8 Å². The lowest BCUT2D eigenvalue weighted by atomic mass is 9.87. The predicted molar refractivity (Wildman–Crippen MR) is 114 cm³/mol. The van der Waals surface area contributed by atoms with Crippen LogP contribution < -0.4 is 10.7 Å². The number of aromatic amines is 1. The van der Waals surface area contributed by atoms with Crippen LogP contribution in [0.5, 0.6) is 0 Å². The van der Waals surface area contributed by atoms with Gasteiger partial charge in [0.15, 0.2) is 0 Å². The number of pyridine rings is 1.